The molecule has 2 aromatic carbocycles. The van der Waals surface area contributed by atoms with Gasteiger partial charge in [-0.15, -0.1) is 11.8 Å². The molecule has 0 atom stereocenters. The fourth-order valence-corrected chi connectivity index (χ4v) is 5.31. The predicted octanol–water partition coefficient (Wildman–Crippen LogP) is 3.40. The summed E-state index contributed by atoms with van der Waals surface area (Å²) in [4.78, 5) is 1.97. The largest absolute Gasteiger partial charge is 0.360 e. The van der Waals surface area contributed by atoms with Gasteiger partial charge in [0.05, 0.1) is 4.90 Å². The van der Waals surface area contributed by atoms with Crippen molar-refractivity contribution in [3.05, 3.63) is 76.2 Å². The van der Waals surface area contributed by atoms with Crippen LogP contribution in [-0.2, 0) is 16.4 Å². The van der Waals surface area contributed by atoms with E-state index in [1.165, 1.54) is 23.9 Å². The predicted molar refractivity (Wildman–Crippen MR) is 95.6 cm³/mol. The first-order valence-electron chi connectivity index (χ1n) is 7.49. The van der Waals surface area contributed by atoms with Gasteiger partial charge in [-0.1, -0.05) is 48.5 Å². The monoisotopic (exact) mass is 356 g/mol. The minimum atomic E-state index is -3.80. The van der Waals surface area contributed by atoms with E-state index >= 15 is 0 Å². The number of rotatable bonds is 4. The SMILES string of the molecule is N#C/C(=C1\SCCN1Cc1ccccc1)S(=O)(=O)c1ccccc1. The van der Waals surface area contributed by atoms with E-state index in [4.69, 9.17) is 0 Å². The lowest BCUT2D eigenvalue weighted by molar-refractivity contribution is 0.395. The quantitative estimate of drug-likeness (QED) is 0.786. The second-order valence-electron chi connectivity index (χ2n) is 5.32. The third-order valence-electron chi connectivity index (χ3n) is 3.72. The van der Waals surface area contributed by atoms with E-state index in [2.05, 4.69) is 0 Å². The zero-order chi connectivity index (χ0) is 17.0. The van der Waals surface area contributed by atoms with Gasteiger partial charge in [0.25, 0.3) is 0 Å². The molecule has 1 fully saturated rings. The highest BCUT2D eigenvalue weighted by molar-refractivity contribution is 8.04. The number of allylic oxidation sites excluding steroid dienone is 1. The van der Waals surface area contributed by atoms with Crippen molar-refractivity contribution < 1.29 is 8.42 Å². The first-order chi connectivity index (χ1) is 11.6. The average Bonchev–Trinajstić information content (AvgIpc) is 3.05. The third kappa shape index (κ3) is 3.32. The summed E-state index contributed by atoms with van der Waals surface area (Å²) in [6, 6.07) is 19.9. The minimum absolute atomic E-state index is 0.154. The number of thioether (sulfide) groups is 1. The topological polar surface area (TPSA) is 61.2 Å². The lowest BCUT2D eigenvalue weighted by Crippen LogP contribution is -2.20. The van der Waals surface area contributed by atoms with Crippen LogP contribution in [0.1, 0.15) is 5.56 Å². The van der Waals surface area contributed by atoms with Crippen LogP contribution in [0, 0.1) is 11.3 Å². The van der Waals surface area contributed by atoms with Crippen LogP contribution in [0.25, 0.3) is 0 Å². The Hall–Kier alpha value is -2.23. The van der Waals surface area contributed by atoms with E-state index in [1.807, 2.05) is 41.3 Å². The van der Waals surface area contributed by atoms with Gasteiger partial charge in [0.2, 0.25) is 9.84 Å². The second-order valence-corrected chi connectivity index (χ2v) is 8.29. The molecular formula is C18H16N2O2S2. The van der Waals surface area contributed by atoms with Crippen LogP contribution in [-0.4, -0.2) is 25.6 Å². The normalized spacial score (nSPS) is 16.7. The summed E-state index contributed by atoms with van der Waals surface area (Å²) in [5.74, 6) is 0.775. The zero-order valence-corrected chi connectivity index (χ0v) is 14.6. The van der Waals surface area contributed by atoms with Gasteiger partial charge < -0.3 is 4.90 Å². The molecule has 0 N–H and O–H groups in total. The number of hydrogen-bond acceptors (Lipinski definition) is 5. The molecule has 0 amide bonds. The molecule has 122 valence electrons. The van der Waals surface area contributed by atoms with Crippen LogP contribution in [0.3, 0.4) is 0 Å². The Kier molecular flexibility index (Phi) is 4.93. The molecule has 1 saturated heterocycles. The summed E-state index contributed by atoms with van der Waals surface area (Å²) < 4.78 is 25.7. The lowest BCUT2D eigenvalue weighted by Gasteiger charge is -2.20. The van der Waals surface area contributed by atoms with Crippen molar-refractivity contribution >= 4 is 21.6 Å². The Balaban J connectivity index is 2.00. The Bertz CT molecular complexity index is 886. The fraction of sp³-hybridized carbons (Fsp3) is 0.167. The smallest absolute Gasteiger partial charge is 0.219 e. The minimum Gasteiger partial charge on any atom is -0.360 e. The van der Waals surface area contributed by atoms with Crippen LogP contribution in [0.5, 0.6) is 0 Å². The Morgan fingerprint density at radius 2 is 1.71 bits per heavy atom. The van der Waals surface area contributed by atoms with Crippen molar-refractivity contribution in [2.24, 2.45) is 0 Å². The Morgan fingerprint density at radius 1 is 1.08 bits per heavy atom. The van der Waals surface area contributed by atoms with E-state index in [0.29, 0.717) is 11.6 Å². The van der Waals surface area contributed by atoms with Gasteiger partial charge in [0.1, 0.15) is 11.1 Å². The summed E-state index contributed by atoms with van der Waals surface area (Å²) in [6.07, 6.45) is 0. The molecule has 4 nitrogen and oxygen atoms in total. The van der Waals surface area contributed by atoms with Gasteiger partial charge in [-0.05, 0) is 17.7 Å². The van der Waals surface area contributed by atoms with Crippen LogP contribution in [0.15, 0.2) is 75.5 Å². The van der Waals surface area contributed by atoms with E-state index < -0.39 is 9.84 Å². The number of hydrogen-bond donors (Lipinski definition) is 0. The maximum Gasteiger partial charge on any atom is 0.219 e. The summed E-state index contributed by atoms with van der Waals surface area (Å²) in [6.45, 7) is 1.32. The van der Waals surface area contributed by atoms with E-state index in [0.717, 1.165) is 17.9 Å². The molecule has 0 aliphatic carbocycles. The van der Waals surface area contributed by atoms with E-state index in [9.17, 15) is 13.7 Å². The van der Waals surface area contributed by atoms with Gasteiger partial charge in [0.15, 0.2) is 4.91 Å². The van der Waals surface area contributed by atoms with Crippen molar-refractivity contribution in [2.45, 2.75) is 11.4 Å². The molecule has 0 bridgehead atoms. The lowest BCUT2D eigenvalue weighted by atomic mass is 10.2. The molecule has 0 saturated carbocycles. The number of benzene rings is 2. The van der Waals surface area contributed by atoms with Crippen LogP contribution < -0.4 is 0 Å². The molecule has 1 aliphatic heterocycles. The first-order valence-corrected chi connectivity index (χ1v) is 9.96. The van der Waals surface area contributed by atoms with Crippen molar-refractivity contribution in [2.75, 3.05) is 12.3 Å². The Morgan fingerprint density at radius 3 is 2.33 bits per heavy atom. The summed E-state index contributed by atoms with van der Waals surface area (Å²) in [5, 5.41) is 10.1. The molecule has 1 heterocycles. The highest BCUT2D eigenvalue weighted by atomic mass is 32.2. The molecule has 1 aliphatic rings. The number of nitrogens with zero attached hydrogens (tertiary/aromatic N) is 2. The third-order valence-corrected chi connectivity index (χ3v) is 6.69. The number of sulfone groups is 1. The molecule has 3 rings (SSSR count). The van der Waals surface area contributed by atoms with Gasteiger partial charge >= 0.3 is 0 Å². The van der Waals surface area contributed by atoms with Gasteiger partial charge in [-0.25, -0.2) is 8.42 Å². The van der Waals surface area contributed by atoms with Crippen LogP contribution >= 0.6 is 11.8 Å². The molecule has 0 aromatic heterocycles. The van der Waals surface area contributed by atoms with Crippen LogP contribution in [0.4, 0.5) is 0 Å². The molecule has 24 heavy (non-hydrogen) atoms. The molecule has 6 heteroatoms. The maximum absolute atomic E-state index is 12.8. The van der Waals surface area contributed by atoms with Crippen molar-refractivity contribution in [3.8, 4) is 6.07 Å². The summed E-state index contributed by atoms with van der Waals surface area (Å²) in [5.41, 5.74) is 1.09. The zero-order valence-electron chi connectivity index (χ0n) is 12.9. The molecule has 0 unspecified atom stereocenters. The van der Waals surface area contributed by atoms with E-state index in [-0.39, 0.29) is 9.80 Å². The highest BCUT2D eigenvalue weighted by Gasteiger charge is 2.30. The van der Waals surface area contributed by atoms with Crippen molar-refractivity contribution in [1.29, 1.82) is 5.26 Å². The summed E-state index contributed by atoms with van der Waals surface area (Å²) >= 11 is 1.43. The maximum atomic E-state index is 12.8. The van der Waals surface area contributed by atoms with E-state index in [1.54, 1.807) is 18.2 Å². The second kappa shape index (κ2) is 7.12. The molecular weight excluding hydrogens is 340 g/mol. The van der Waals surface area contributed by atoms with Crippen LogP contribution in [0.2, 0.25) is 0 Å². The van der Waals surface area contributed by atoms with Crippen molar-refractivity contribution in [3.63, 3.8) is 0 Å². The fourth-order valence-electron chi connectivity index (χ4n) is 2.55. The number of nitriles is 1. The summed E-state index contributed by atoms with van der Waals surface area (Å²) in [7, 11) is -3.80. The van der Waals surface area contributed by atoms with Gasteiger partial charge in [0, 0.05) is 18.8 Å². The highest BCUT2D eigenvalue weighted by Crippen LogP contribution is 2.35. The molecule has 0 spiro atoms. The van der Waals surface area contributed by atoms with Gasteiger partial charge in [-0.3, -0.25) is 0 Å². The standard InChI is InChI=1S/C18H16N2O2S2/c19-13-17(24(21,22)16-9-5-2-6-10-16)18-20(11-12-23-18)14-15-7-3-1-4-8-15/h1-10H,11-12,14H2/b18-17+. The first kappa shape index (κ1) is 16.6. The van der Waals surface area contributed by atoms with Crippen molar-refractivity contribution in [1.82, 2.24) is 4.90 Å². The molecule has 0 radical (unpaired) electrons. The molecule has 2 aromatic rings. The Labute approximate surface area is 146 Å². The average molecular weight is 356 g/mol. The van der Waals surface area contributed by atoms with Gasteiger partial charge in [-0.2, -0.15) is 5.26 Å².